The van der Waals surface area contributed by atoms with Gasteiger partial charge in [0.25, 0.3) is 0 Å². The molecule has 20 heavy (non-hydrogen) atoms. The van der Waals surface area contributed by atoms with Gasteiger partial charge in [-0.1, -0.05) is 6.58 Å². The van der Waals surface area contributed by atoms with E-state index < -0.39 is 7.25 Å². The van der Waals surface area contributed by atoms with Crippen molar-refractivity contribution in [1.82, 2.24) is 4.57 Å². The number of halogens is 4. The highest BCUT2D eigenvalue weighted by Crippen LogP contribution is 2.06. The number of hydrogen-bond acceptors (Lipinski definition) is 2. The molecular weight excluding hydrogens is 279 g/mol. The van der Waals surface area contributed by atoms with Gasteiger partial charge in [0.15, 0.2) is 0 Å². The van der Waals surface area contributed by atoms with Crippen molar-refractivity contribution in [3.8, 4) is 0 Å². The molecule has 4 nitrogen and oxygen atoms in total. The number of ether oxygens (including phenoxy) is 1. The number of imidazole rings is 1. The molecule has 1 aromatic rings. The van der Waals surface area contributed by atoms with Crippen molar-refractivity contribution in [3.05, 3.63) is 31.4 Å². The van der Waals surface area contributed by atoms with Gasteiger partial charge in [0, 0.05) is 6.08 Å². The van der Waals surface area contributed by atoms with Crippen molar-refractivity contribution in [3.63, 3.8) is 0 Å². The monoisotopic (exact) mass is 296 g/mol. The topological polar surface area (TPSA) is 35.1 Å². The van der Waals surface area contributed by atoms with Gasteiger partial charge in [-0.25, -0.2) is 13.9 Å². The van der Waals surface area contributed by atoms with Crippen molar-refractivity contribution in [2.75, 3.05) is 6.61 Å². The Bertz CT molecular complexity index is 415. The predicted octanol–water partition coefficient (Wildman–Crippen LogP) is 2.12. The molecule has 0 amide bonds. The van der Waals surface area contributed by atoms with E-state index in [2.05, 4.69) is 11.1 Å². The molecule has 9 heteroatoms. The lowest BCUT2D eigenvalue weighted by Gasteiger charge is -2.00. The van der Waals surface area contributed by atoms with Crippen LogP contribution in [0.3, 0.4) is 0 Å². The van der Waals surface area contributed by atoms with Crippen LogP contribution >= 0.6 is 0 Å². The number of aromatic nitrogens is 2. The van der Waals surface area contributed by atoms with Gasteiger partial charge in [-0.15, -0.1) is 0 Å². The molecule has 0 spiro atoms. The summed E-state index contributed by atoms with van der Waals surface area (Å²) in [6.07, 6.45) is 9.11. The van der Waals surface area contributed by atoms with Crippen LogP contribution in [0.4, 0.5) is 17.3 Å². The summed E-state index contributed by atoms with van der Waals surface area (Å²) in [6.45, 7) is 4.75. The van der Waals surface area contributed by atoms with E-state index in [1.165, 1.54) is 6.08 Å². The highest BCUT2D eigenvalue weighted by molar-refractivity contribution is 6.50. The third-order valence-electron chi connectivity index (χ3n) is 2.05. The van der Waals surface area contributed by atoms with Crippen molar-refractivity contribution in [2.45, 2.75) is 19.4 Å². The maximum Gasteiger partial charge on any atom is 0.673 e. The maximum atomic E-state index is 10.7. The van der Waals surface area contributed by atoms with Crippen LogP contribution < -0.4 is 4.57 Å². The largest absolute Gasteiger partial charge is 0.673 e. The molecule has 1 heterocycles. The number of aryl methyl sites for hydroxylation is 2. The van der Waals surface area contributed by atoms with Crippen molar-refractivity contribution in [2.24, 2.45) is 7.05 Å². The van der Waals surface area contributed by atoms with Gasteiger partial charge in [-0.2, -0.15) is 0 Å². The van der Waals surface area contributed by atoms with E-state index in [0.29, 0.717) is 6.61 Å². The number of carbonyl (C=O) groups excluding carboxylic acids is 1. The molecule has 0 atom stereocenters. The summed E-state index contributed by atoms with van der Waals surface area (Å²) in [7, 11) is -4.01. The van der Waals surface area contributed by atoms with Crippen LogP contribution in [0, 0.1) is 0 Å². The molecule has 0 unspecified atom stereocenters. The summed E-state index contributed by atoms with van der Waals surface area (Å²) in [5.41, 5.74) is 0. The Morgan fingerprint density at radius 1 is 1.40 bits per heavy atom. The molecule has 0 N–H and O–H groups in total. The Morgan fingerprint density at radius 2 is 2.00 bits per heavy atom. The molecule has 0 saturated carbocycles. The molecular formula is C11H17BF4N2O2. The minimum Gasteiger partial charge on any atom is -0.463 e. The molecule has 0 aliphatic carbocycles. The Balaban J connectivity index is 0.000000621. The number of esters is 1. The fourth-order valence-corrected chi connectivity index (χ4v) is 1.26. The van der Waals surface area contributed by atoms with Crippen LogP contribution in [-0.4, -0.2) is 24.4 Å². The predicted molar refractivity (Wildman–Crippen MR) is 66.2 cm³/mol. The molecule has 0 aliphatic heterocycles. The van der Waals surface area contributed by atoms with Crippen LogP contribution in [0.25, 0.3) is 0 Å². The SMILES string of the molecule is C=CC(=O)OCCCCn1cc[n+](C)c1.F[B-](F)(F)F. The van der Waals surface area contributed by atoms with E-state index in [0.717, 1.165) is 19.4 Å². The Kier molecular flexibility index (Phi) is 8.34. The molecule has 114 valence electrons. The molecule has 0 fully saturated rings. The van der Waals surface area contributed by atoms with Gasteiger partial charge in [0.2, 0.25) is 6.33 Å². The van der Waals surface area contributed by atoms with Crippen molar-refractivity contribution < 1.29 is 31.4 Å². The highest BCUT2D eigenvalue weighted by atomic mass is 19.5. The second-order valence-corrected chi connectivity index (χ2v) is 3.89. The van der Waals surface area contributed by atoms with Gasteiger partial charge in [-0.05, 0) is 12.8 Å². The molecule has 1 rings (SSSR count). The van der Waals surface area contributed by atoms with Crippen LogP contribution in [0.1, 0.15) is 12.8 Å². The first-order valence-corrected chi connectivity index (χ1v) is 5.90. The highest BCUT2D eigenvalue weighted by Gasteiger charge is 2.20. The average Bonchev–Trinajstić information content (AvgIpc) is 2.72. The Hall–Kier alpha value is -1.80. The summed E-state index contributed by atoms with van der Waals surface area (Å²) in [6, 6.07) is 0. The third kappa shape index (κ3) is 12.7. The number of rotatable bonds is 6. The summed E-state index contributed by atoms with van der Waals surface area (Å²) >= 11 is 0. The van der Waals surface area contributed by atoms with E-state index in [4.69, 9.17) is 4.74 Å². The summed E-state index contributed by atoms with van der Waals surface area (Å²) < 4.78 is 48.0. The zero-order valence-electron chi connectivity index (χ0n) is 11.1. The van der Waals surface area contributed by atoms with Gasteiger partial charge in [0.05, 0.1) is 20.2 Å². The van der Waals surface area contributed by atoms with Crippen LogP contribution in [-0.2, 0) is 23.1 Å². The Labute approximate surface area is 114 Å². The Morgan fingerprint density at radius 3 is 2.45 bits per heavy atom. The number of nitrogens with zero attached hydrogens (tertiary/aromatic N) is 2. The van der Waals surface area contributed by atoms with Gasteiger partial charge in [0.1, 0.15) is 12.4 Å². The standard InChI is InChI=1S/C11H17N2O2.BF4/c1-3-11(14)15-9-5-4-6-13-8-7-12(2)10-13;2-1(3,4)5/h3,7-8,10H,1,4-6,9H2,2H3;/q+1;-1. The third-order valence-corrected chi connectivity index (χ3v) is 2.05. The molecule has 0 bridgehead atoms. The van der Waals surface area contributed by atoms with E-state index in [1.54, 1.807) is 0 Å². The van der Waals surface area contributed by atoms with Crippen LogP contribution in [0.15, 0.2) is 31.4 Å². The summed E-state index contributed by atoms with van der Waals surface area (Å²) in [4.78, 5) is 10.7. The first-order valence-electron chi connectivity index (χ1n) is 5.90. The molecule has 0 saturated heterocycles. The zero-order valence-corrected chi connectivity index (χ0v) is 11.1. The minimum atomic E-state index is -6.00. The first kappa shape index (κ1) is 18.2. The smallest absolute Gasteiger partial charge is 0.463 e. The quantitative estimate of drug-likeness (QED) is 0.201. The summed E-state index contributed by atoms with van der Waals surface area (Å²) in [5, 5.41) is 0. The zero-order chi connectivity index (χ0) is 15.6. The minimum absolute atomic E-state index is 0.345. The van der Waals surface area contributed by atoms with E-state index in [9.17, 15) is 22.1 Å². The van der Waals surface area contributed by atoms with E-state index in [1.807, 2.05) is 30.3 Å². The molecule has 1 aromatic heterocycles. The van der Waals surface area contributed by atoms with Crippen molar-refractivity contribution in [1.29, 1.82) is 0 Å². The molecule has 0 radical (unpaired) electrons. The van der Waals surface area contributed by atoms with Crippen LogP contribution in [0.2, 0.25) is 0 Å². The van der Waals surface area contributed by atoms with Crippen LogP contribution in [0.5, 0.6) is 0 Å². The number of hydrogen-bond donors (Lipinski definition) is 0. The van der Waals surface area contributed by atoms with E-state index in [-0.39, 0.29) is 5.97 Å². The van der Waals surface area contributed by atoms with Crippen molar-refractivity contribution >= 4 is 13.2 Å². The molecule has 0 aromatic carbocycles. The average molecular weight is 296 g/mol. The number of unbranched alkanes of at least 4 members (excludes halogenated alkanes) is 1. The summed E-state index contributed by atoms with van der Waals surface area (Å²) in [5.74, 6) is -0.345. The first-order chi connectivity index (χ1) is 9.22. The lowest BCUT2D eigenvalue weighted by Crippen LogP contribution is -2.23. The van der Waals surface area contributed by atoms with Gasteiger partial charge in [-0.3, -0.25) is 0 Å². The normalized spacial score (nSPS) is 10.4. The van der Waals surface area contributed by atoms with Gasteiger partial charge >= 0.3 is 13.2 Å². The maximum absolute atomic E-state index is 10.7. The lowest BCUT2D eigenvalue weighted by molar-refractivity contribution is -0.671. The van der Waals surface area contributed by atoms with Gasteiger partial charge < -0.3 is 22.0 Å². The lowest BCUT2D eigenvalue weighted by atomic mass is 10.3. The van der Waals surface area contributed by atoms with E-state index >= 15 is 0 Å². The second-order valence-electron chi connectivity index (χ2n) is 3.89. The fraction of sp³-hybridized carbons (Fsp3) is 0.455. The fourth-order valence-electron chi connectivity index (χ4n) is 1.26. The second kappa shape index (κ2) is 9.16. The molecule has 0 aliphatic rings. The number of carbonyl (C=O) groups is 1.